The van der Waals surface area contributed by atoms with Crippen LogP contribution in [0.4, 0.5) is 0 Å². The largest absolute Gasteiger partial charge is 0.330 e. The molecule has 4 heteroatoms. The third-order valence-electron chi connectivity index (χ3n) is 4.58. The van der Waals surface area contributed by atoms with Gasteiger partial charge < -0.3 is 9.87 Å². The fourth-order valence-electron chi connectivity index (χ4n) is 3.31. The third-order valence-corrected chi connectivity index (χ3v) is 5.77. The van der Waals surface area contributed by atoms with Crippen LogP contribution in [0.15, 0.2) is 24.3 Å². The zero-order valence-corrected chi connectivity index (χ0v) is 15.0. The molecule has 1 unspecified atom stereocenters. The van der Waals surface area contributed by atoms with Crippen LogP contribution in [-0.4, -0.2) is 22.4 Å². The SMILES string of the molecule is CC(c1ccc(I)cc1)C1(NCCCSO)CCCC1. The molecule has 1 fully saturated rings. The maximum atomic E-state index is 8.82. The standard InChI is InChI=1S/C16H24INOS/c1-13(14-5-7-15(17)8-6-14)16(9-2-3-10-16)18-11-4-12-20-19/h5-8,13,18-19H,2-4,9-12H2,1H3. The number of hydrogen-bond donors (Lipinski definition) is 2. The van der Waals surface area contributed by atoms with E-state index in [4.69, 9.17) is 4.55 Å². The van der Waals surface area contributed by atoms with Crippen LogP contribution in [0.2, 0.25) is 0 Å². The van der Waals surface area contributed by atoms with Crippen LogP contribution in [0.3, 0.4) is 0 Å². The van der Waals surface area contributed by atoms with E-state index in [2.05, 4.69) is 59.1 Å². The van der Waals surface area contributed by atoms with Crippen molar-refractivity contribution in [1.82, 2.24) is 5.32 Å². The molecule has 0 spiro atoms. The van der Waals surface area contributed by atoms with Crippen molar-refractivity contribution in [3.8, 4) is 0 Å². The first-order valence-corrected chi connectivity index (χ1v) is 9.47. The quantitative estimate of drug-likeness (QED) is 0.385. The second-order valence-electron chi connectivity index (χ2n) is 5.75. The van der Waals surface area contributed by atoms with E-state index in [1.807, 2.05) is 0 Å². The van der Waals surface area contributed by atoms with Gasteiger partial charge in [-0.15, -0.1) is 0 Å². The van der Waals surface area contributed by atoms with Crippen molar-refractivity contribution in [3.05, 3.63) is 33.4 Å². The topological polar surface area (TPSA) is 32.3 Å². The van der Waals surface area contributed by atoms with Crippen molar-refractivity contribution in [2.75, 3.05) is 12.3 Å². The van der Waals surface area contributed by atoms with Crippen LogP contribution in [-0.2, 0) is 0 Å². The van der Waals surface area contributed by atoms with Gasteiger partial charge in [0.25, 0.3) is 0 Å². The summed E-state index contributed by atoms with van der Waals surface area (Å²) in [5.41, 5.74) is 1.70. The molecular weight excluding hydrogens is 381 g/mol. The van der Waals surface area contributed by atoms with Crippen LogP contribution in [0.25, 0.3) is 0 Å². The Bertz CT molecular complexity index is 403. The molecule has 1 aliphatic carbocycles. The third kappa shape index (κ3) is 4.12. The van der Waals surface area contributed by atoms with Gasteiger partial charge in [0, 0.05) is 14.9 Å². The van der Waals surface area contributed by atoms with E-state index in [-0.39, 0.29) is 5.54 Å². The van der Waals surface area contributed by atoms with Gasteiger partial charge in [0.2, 0.25) is 0 Å². The van der Waals surface area contributed by atoms with Crippen molar-refractivity contribution in [1.29, 1.82) is 0 Å². The summed E-state index contributed by atoms with van der Waals surface area (Å²) in [5, 5.41) is 3.82. The van der Waals surface area contributed by atoms with Crippen molar-refractivity contribution < 1.29 is 4.55 Å². The Kier molecular flexibility index (Phi) is 6.65. The summed E-state index contributed by atoms with van der Waals surface area (Å²) in [5.74, 6) is 1.37. The summed E-state index contributed by atoms with van der Waals surface area (Å²) in [7, 11) is 0. The van der Waals surface area contributed by atoms with Gasteiger partial charge in [-0.1, -0.05) is 31.9 Å². The highest BCUT2D eigenvalue weighted by Crippen LogP contribution is 2.41. The first kappa shape index (κ1) is 16.6. The number of nitrogens with one attached hydrogen (secondary N) is 1. The molecule has 2 N–H and O–H groups in total. The molecule has 0 aliphatic heterocycles. The van der Waals surface area contributed by atoms with E-state index >= 15 is 0 Å². The minimum Gasteiger partial charge on any atom is -0.330 e. The molecule has 1 saturated carbocycles. The van der Waals surface area contributed by atoms with E-state index < -0.39 is 0 Å². The molecular formula is C16H24INOS. The predicted octanol–water partition coefficient (Wildman–Crippen LogP) is 4.89. The molecule has 0 heterocycles. The lowest BCUT2D eigenvalue weighted by atomic mass is 9.79. The van der Waals surface area contributed by atoms with Crippen LogP contribution >= 0.6 is 34.6 Å². The second kappa shape index (κ2) is 8.01. The van der Waals surface area contributed by atoms with Gasteiger partial charge in [0.05, 0.1) is 0 Å². The molecule has 0 bridgehead atoms. The lowest BCUT2D eigenvalue weighted by Crippen LogP contribution is -2.47. The monoisotopic (exact) mass is 405 g/mol. The van der Waals surface area contributed by atoms with E-state index in [0.717, 1.165) is 30.8 Å². The molecule has 2 rings (SSSR count). The highest BCUT2D eigenvalue weighted by atomic mass is 127. The fourth-order valence-corrected chi connectivity index (χ4v) is 3.95. The summed E-state index contributed by atoms with van der Waals surface area (Å²) < 4.78 is 10.1. The van der Waals surface area contributed by atoms with Gasteiger partial charge in [-0.3, -0.25) is 0 Å². The normalized spacial score (nSPS) is 19.1. The van der Waals surface area contributed by atoms with Gasteiger partial charge in [-0.25, -0.2) is 0 Å². The maximum absolute atomic E-state index is 8.82. The molecule has 2 nitrogen and oxygen atoms in total. The van der Waals surface area contributed by atoms with Gasteiger partial charge in [-0.2, -0.15) is 0 Å². The molecule has 1 aromatic carbocycles. The number of halogens is 1. The van der Waals surface area contributed by atoms with Crippen LogP contribution in [0, 0.1) is 3.57 Å². The average molecular weight is 405 g/mol. The molecule has 0 radical (unpaired) electrons. The number of benzene rings is 1. The fraction of sp³-hybridized carbons (Fsp3) is 0.625. The molecule has 1 aliphatic rings. The van der Waals surface area contributed by atoms with Crippen molar-refractivity contribution in [3.63, 3.8) is 0 Å². The summed E-state index contributed by atoms with van der Waals surface area (Å²) in [6.07, 6.45) is 6.23. The van der Waals surface area contributed by atoms with Crippen LogP contribution in [0.5, 0.6) is 0 Å². The summed E-state index contributed by atoms with van der Waals surface area (Å²) in [6, 6.07) is 8.96. The minimum atomic E-state index is 0.257. The van der Waals surface area contributed by atoms with Gasteiger partial charge in [0.15, 0.2) is 0 Å². The lowest BCUT2D eigenvalue weighted by molar-refractivity contribution is 0.283. The Morgan fingerprint density at radius 3 is 2.55 bits per heavy atom. The summed E-state index contributed by atoms with van der Waals surface area (Å²) in [6.45, 7) is 3.36. The minimum absolute atomic E-state index is 0.257. The molecule has 0 saturated heterocycles. The van der Waals surface area contributed by atoms with Crippen molar-refractivity contribution in [2.45, 2.75) is 50.5 Å². The zero-order valence-electron chi connectivity index (χ0n) is 12.1. The number of hydrogen-bond acceptors (Lipinski definition) is 3. The first-order chi connectivity index (χ1) is 9.68. The zero-order chi connectivity index (χ0) is 14.4. The molecule has 0 amide bonds. The molecule has 20 heavy (non-hydrogen) atoms. The van der Waals surface area contributed by atoms with Gasteiger partial charge in [0.1, 0.15) is 0 Å². The van der Waals surface area contributed by atoms with E-state index in [1.165, 1.54) is 34.8 Å². The van der Waals surface area contributed by atoms with Gasteiger partial charge in [-0.05, 0) is 84.1 Å². The highest BCUT2D eigenvalue weighted by Gasteiger charge is 2.38. The van der Waals surface area contributed by atoms with Gasteiger partial charge >= 0.3 is 0 Å². The van der Waals surface area contributed by atoms with Crippen LogP contribution in [0.1, 0.15) is 50.5 Å². The predicted molar refractivity (Wildman–Crippen MR) is 96.5 cm³/mol. The Balaban J connectivity index is 2.04. The summed E-state index contributed by atoms with van der Waals surface area (Å²) >= 11 is 3.31. The molecule has 1 atom stereocenters. The van der Waals surface area contributed by atoms with Crippen LogP contribution < -0.4 is 5.32 Å². The van der Waals surface area contributed by atoms with Crippen molar-refractivity contribution in [2.24, 2.45) is 0 Å². The smallest absolute Gasteiger partial charge is 0.0247 e. The van der Waals surface area contributed by atoms with E-state index in [1.54, 1.807) is 0 Å². The van der Waals surface area contributed by atoms with Crippen molar-refractivity contribution >= 4 is 34.6 Å². The Hall–Kier alpha value is 0.220. The summed E-state index contributed by atoms with van der Waals surface area (Å²) in [4.78, 5) is 0. The van der Waals surface area contributed by atoms with E-state index in [9.17, 15) is 0 Å². The Morgan fingerprint density at radius 2 is 1.95 bits per heavy atom. The second-order valence-corrected chi connectivity index (χ2v) is 7.66. The molecule has 112 valence electrons. The number of rotatable bonds is 7. The maximum Gasteiger partial charge on any atom is 0.0247 e. The average Bonchev–Trinajstić information content (AvgIpc) is 2.94. The molecule has 1 aromatic rings. The lowest BCUT2D eigenvalue weighted by Gasteiger charge is -2.37. The Morgan fingerprint density at radius 1 is 1.30 bits per heavy atom. The highest BCUT2D eigenvalue weighted by molar-refractivity contribution is 14.1. The first-order valence-electron chi connectivity index (χ1n) is 7.45. The Labute approximate surface area is 140 Å². The van der Waals surface area contributed by atoms with E-state index in [0.29, 0.717) is 5.92 Å². The molecule has 0 aromatic heterocycles.